The molecule has 0 aliphatic carbocycles. The van der Waals surface area contributed by atoms with Gasteiger partial charge in [0, 0.05) is 22.9 Å². The molecule has 92 valence electrons. The number of rotatable bonds is 7. The van der Waals surface area contributed by atoms with Gasteiger partial charge in [-0.2, -0.15) is 0 Å². The summed E-state index contributed by atoms with van der Waals surface area (Å²) in [5.74, 6) is 0. The van der Waals surface area contributed by atoms with Crippen molar-refractivity contribution in [3.63, 3.8) is 0 Å². The van der Waals surface area contributed by atoms with Gasteiger partial charge < -0.3 is 10.1 Å². The number of nitrogens with one attached hydrogen (secondary N) is 1. The summed E-state index contributed by atoms with van der Waals surface area (Å²) < 4.78 is 5.41. The quantitative estimate of drug-likeness (QED) is 0.792. The summed E-state index contributed by atoms with van der Waals surface area (Å²) in [6.45, 7) is 7.46. The Bertz CT molecular complexity index is 298. The largest absolute Gasteiger partial charge is 0.380 e. The van der Waals surface area contributed by atoms with Gasteiger partial charge in [-0.3, -0.25) is 0 Å². The summed E-state index contributed by atoms with van der Waals surface area (Å²) in [5.41, 5.74) is 0. The lowest BCUT2D eigenvalue weighted by molar-refractivity contribution is 0.0839. The second-order valence-corrected chi connectivity index (χ2v) is 5.28. The van der Waals surface area contributed by atoms with Crippen molar-refractivity contribution in [1.29, 1.82) is 0 Å². The van der Waals surface area contributed by atoms with Crippen LogP contribution in [-0.2, 0) is 17.6 Å². The van der Waals surface area contributed by atoms with Gasteiger partial charge in [0.1, 0.15) is 0 Å². The lowest BCUT2D eigenvalue weighted by Gasteiger charge is -2.23. The van der Waals surface area contributed by atoms with Crippen LogP contribution in [-0.4, -0.2) is 25.8 Å². The third-order valence-corrected chi connectivity index (χ3v) is 4.14. The first-order valence-electron chi connectivity index (χ1n) is 6.05. The van der Waals surface area contributed by atoms with E-state index >= 15 is 0 Å². The molecule has 3 heteroatoms. The molecule has 0 aliphatic rings. The van der Waals surface area contributed by atoms with E-state index in [1.54, 1.807) is 7.11 Å². The van der Waals surface area contributed by atoms with Gasteiger partial charge in [0.2, 0.25) is 0 Å². The lowest BCUT2D eigenvalue weighted by Crippen LogP contribution is -2.40. The van der Waals surface area contributed by atoms with Crippen LogP contribution in [0.25, 0.3) is 0 Å². The summed E-state index contributed by atoms with van der Waals surface area (Å²) in [6, 6.07) is 4.90. The molecule has 16 heavy (non-hydrogen) atoms. The Kier molecular flexibility index (Phi) is 6.03. The molecule has 1 rings (SSSR count). The van der Waals surface area contributed by atoms with E-state index in [-0.39, 0.29) is 6.10 Å². The maximum absolute atomic E-state index is 5.41. The van der Waals surface area contributed by atoms with Crippen LogP contribution >= 0.6 is 11.3 Å². The topological polar surface area (TPSA) is 21.3 Å². The number of hydrogen-bond donors (Lipinski definition) is 1. The highest BCUT2D eigenvalue weighted by molar-refractivity contribution is 7.11. The van der Waals surface area contributed by atoms with Gasteiger partial charge in [0.15, 0.2) is 0 Å². The molecule has 2 unspecified atom stereocenters. The third kappa shape index (κ3) is 3.89. The summed E-state index contributed by atoms with van der Waals surface area (Å²) in [7, 11) is 1.78. The summed E-state index contributed by atoms with van der Waals surface area (Å²) in [4.78, 5) is 2.92. The van der Waals surface area contributed by atoms with Crippen LogP contribution in [0.2, 0.25) is 0 Å². The number of likely N-dealkylation sites (N-methyl/N-ethyl adjacent to an activating group) is 1. The average molecular weight is 241 g/mol. The molecule has 0 aliphatic heterocycles. The van der Waals surface area contributed by atoms with Gasteiger partial charge >= 0.3 is 0 Å². The molecule has 0 fully saturated rings. The Labute approximate surface area is 103 Å². The smallest absolute Gasteiger partial charge is 0.0699 e. The van der Waals surface area contributed by atoms with Crippen LogP contribution in [0.4, 0.5) is 0 Å². The molecule has 0 saturated heterocycles. The first-order valence-corrected chi connectivity index (χ1v) is 6.86. The van der Waals surface area contributed by atoms with Crippen LogP contribution in [0, 0.1) is 0 Å². The third-order valence-electron chi connectivity index (χ3n) is 2.89. The van der Waals surface area contributed by atoms with Crippen LogP contribution in [0.15, 0.2) is 12.1 Å². The molecule has 1 aromatic rings. The summed E-state index contributed by atoms with van der Waals surface area (Å²) in [6.07, 6.45) is 2.45. The molecule has 0 amide bonds. The second kappa shape index (κ2) is 7.05. The van der Waals surface area contributed by atoms with Crippen LogP contribution in [0.5, 0.6) is 0 Å². The van der Waals surface area contributed by atoms with Crippen molar-refractivity contribution in [2.24, 2.45) is 0 Å². The van der Waals surface area contributed by atoms with E-state index in [1.165, 1.54) is 9.75 Å². The van der Waals surface area contributed by atoms with Gasteiger partial charge in [-0.05, 0) is 38.4 Å². The van der Waals surface area contributed by atoms with Crippen molar-refractivity contribution >= 4 is 11.3 Å². The highest BCUT2D eigenvalue weighted by atomic mass is 32.1. The maximum atomic E-state index is 5.41. The Morgan fingerprint density at radius 2 is 2.00 bits per heavy atom. The fourth-order valence-electron chi connectivity index (χ4n) is 1.77. The molecule has 1 N–H and O–H groups in total. The van der Waals surface area contributed by atoms with Crippen LogP contribution < -0.4 is 5.32 Å². The number of hydrogen-bond acceptors (Lipinski definition) is 3. The van der Waals surface area contributed by atoms with Crippen molar-refractivity contribution in [2.45, 2.75) is 45.8 Å². The molecule has 0 bridgehead atoms. The predicted molar refractivity (Wildman–Crippen MR) is 71.3 cm³/mol. The van der Waals surface area contributed by atoms with Crippen molar-refractivity contribution in [2.75, 3.05) is 13.7 Å². The molecular formula is C13H23NOS. The zero-order valence-corrected chi connectivity index (χ0v) is 11.6. The zero-order chi connectivity index (χ0) is 12.0. The van der Waals surface area contributed by atoms with E-state index in [2.05, 4.69) is 38.2 Å². The van der Waals surface area contributed by atoms with Crippen molar-refractivity contribution < 1.29 is 4.74 Å². The van der Waals surface area contributed by atoms with Crippen LogP contribution in [0.1, 0.15) is 30.5 Å². The molecule has 2 nitrogen and oxygen atoms in total. The lowest BCUT2D eigenvalue weighted by atomic mass is 10.1. The first kappa shape index (κ1) is 13.7. The molecule has 0 saturated carbocycles. The van der Waals surface area contributed by atoms with E-state index in [1.807, 2.05) is 11.3 Å². The van der Waals surface area contributed by atoms with Gasteiger partial charge in [-0.1, -0.05) is 13.8 Å². The molecule has 1 aromatic heterocycles. The van der Waals surface area contributed by atoms with E-state index in [0.717, 1.165) is 19.4 Å². The minimum absolute atomic E-state index is 0.257. The fraction of sp³-hybridized carbons (Fsp3) is 0.692. The van der Waals surface area contributed by atoms with Gasteiger partial charge in [0.05, 0.1) is 6.10 Å². The summed E-state index contributed by atoms with van der Waals surface area (Å²) >= 11 is 1.92. The fourth-order valence-corrected chi connectivity index (χ4v) is 2.79. The molecule has 0 radical (unpaired) electrons. The monoisotopic (exact) mass is 241 g/mol. The normalized spacial score (nSPS) is 15.0. The summed E-state index contributed by atoms with van der Waals surface area (Å²) in [5, 5.41) is 3.49. The standard InChI is InChI=1S/C13H23NOS/c1-5-11-7-8-12(16-11)9-13(14-6-2)10(3)15-4/h7-8,10,13-14H,5-6,9H2,1-4H3. The molecule has 1 heterocycles. The van der Waals surface area contributed by atoms with Crippen molar-refractivity contribution in [3.8, 4) is 0 Å². The highest BCUT2D eigenvalue weighted by Gasteiger charge is 2.16. The number of methoxy groups -OCH3 is 1. The van der Waals surface area contributed by atoms with Crippen LogP contribution in [0.3, 0.4) is 0 Å². The van der Waals surface area contributed by atoms with Gasteiger partial charge in [0.25, 0.3) is 0 Å². The maximum Gasteiger partial charge on any atom is 0.0699 e. The van der Waals surface area contributed by atoms with Crippen molar-refractivity contribution in [1.82, 2.24) is 5.32 Å². The minimum atomic E-state index is 0.257. The van der Waals surface area contributed by atoms with Crippen molar-refractivity contribution in [3.05, 3.63) is 21.9 Å². The van der Waals surface area contributed by atoms with Gasteiger partial charge in [-0.15, -0.1) is 11.3 Å². The van der Waals surface area contributed by atoms with E-state index < -0.39 is 0 Å². The molecule has 0 spiro atoms. The average Bonchev–Trinajstić information content (AvgIpc) is 2.75. The Morgan fingerprint density at radius 1 is 1.31 bits per heavy atom. The second-order valence-electron chi connectivity index (χ2n) is 4.03. The molecular weight excluding hydrogens is 218 g/mol. The van der Waals surface area contributed by atoms with E-state index in [9.17, 15) is 0 Å². The molecule has 2 atom stereocenters. The SMILES string of the molecule is CCNC(Cc1ccc(CC)s1)C(C)OC. The Balaban J connectivity index is 2.59. The Morgan fingerprint density at radius 3 is 2.50 bits per heavy atom. The number of thiophene rings is 1. The van der Waals surface area contributed by atoms with Gasteiger partial charge in [-0.25, -0.2) is 0 Å². The number of aryl methyl sites for hydroxylation is 1. The minimum Gasteiger partial charge on any atom is -0.380 e. The predicted octanol–water partition coefficient (Wildman–Crippen LogP) is 2.87. The Hall–Kier alpha value is -0.380. The molecule has 0 aromatic carbocycles. The highest BCUT2D eigenvalue weighted by Crippen LogP contribution is 2.19. The number of ether oxygens (including phenoxy) is 1. The van der Waals surface area contributed by atoms with E-state index in [0.29, 0.717) is 6.04 Å². The zero-order valence-electron chi connectivity index (χ0n) is 10.7. The van der Waals surface area contributed by atoms with E-state index in [4.69, 9.17) is 4.74 Å². The first-order chi connectivity index (χ1) is 7.71.